The third-order valence-corrected chi connectivity index (χ3v) is 3.26. The predicted molar refractivity (Wildman–Crippen MR) is 84.6 cm³/mol. The highest BCUT2D eigenvalue weighted by Crippen LogP contribution is 2.20. The lowest BCUT2D eigenvalue weighted by Crippen LogP contribution is -2.62. The largest absolute Gasteiger partial charge is 0.464 e. The summed E-state index contributed by atoms with van der Waals surface area (Å²) < 4.78 is 23.7. The normalized spacial score (nSPS) is 10.5. The van der Waals surface area contributed by atoms with Crippen molar-refractivity contribution in [3.8, 4) is 6.07 Å². The average Bonchev–Trinajstić information content (AvgIpc) is 2.54. The van der Waals surface area contributed by atoms with Crippen molar-refractivity contribution in [2.24, 2.45) is 0 Å². The summed E-state index contributed by atoms with van der Waals surface area (Å²) in [5.74, 6) is -3.47. The molecule has 1 aromatic rings. The van der Waals surface area contributed by atoms with E-state index < -0.39 is 29.2 Å². The minimum absolute atomic E-state index is 0.0265. The summed E-state index contributed by atoms with van der Waals surface area (Å²) >= 11 is 0. The number of nitriles is 1. The summed E-state index contributed by atoms with van der Waals surface area (Å²) in [6, 6.07) is 5.30. The van der Waals surface area contributed by atoms with Crippen molar-refractivity contribution in [2.45, 2.75) is 32.7 Å². The average molecular weight is 350 g/mol. The number of esters is 2. The molecular weight excluding hydrogens is 331 g/mol. The first kappa shape index (κ1) is 20.1. The Bertz CT molecular complexity index is 693. The van der Waals surface area contributed by atoms with Gasteiger partial charge in [-0.25, -0.2) is 14.0 Å². The Morgan fingerprint density at radius 3 is 2.16 bits per heavy atom. The van der Waals surface area contributed by atoms with Gasteiger partial charge in [-0.1, -0.05) is 6.07 Å². The van der Waals surface area contributed by atoms with Crippen LogP contribution in [-0.2, 0) is 30.3 Å². The van der Waals surface area contributed by atoms with Crippen LogP contribution in [0.2, 0.25) is 0 Å². The first-order valence-electron chi connectivity index (χ1n) is 7.62. The van der Waals surface area contributed by atoms with Crippen molar-refractivity contribution in [1.29, 1.82) is 5.26 Å². The number of hydrogen-bond donors (Lipinski definition) is 1. The number of carbonyl (C=O) groups is 3. The van der Waals surface area contributed by atoms with Crippen LogP contribution in [0.5, 0.6) is 0 Å². The van der Waals surface area contributed by atoms with Crippen LogP contribution in [0.4, 0.5) is 4.39 Å². The van der Waals surface area contributed by atoms with Gasteiger partial charge >= 0.3 is 11.9 Å². The van der Waals surface area contributed by atoms with Crippen LogP contribution in [0, 0.1) is 17.1 Å². The predicted octanol–water partition coefficient (Wildman–Crippen LogP) is 1.24. The van der Waals surface area contributed by atoms with E-state index >= 15 is 0 Å². The van der Waals surface area contributed by atoms with E-state index in [-0.39, 0.29) is 30.8 Å². The van der Waals surface area contributed by atoms with Crippen LogP contribution in [0.15, 0.2) is 18.2 Å². The van der Waals surface area contributed by atoms with E-state index in [9.17, 15) is 18.8 Å². The first-order chi connectivity index (χ1) is 11.8. The standard InChI is InChI=1S/C17H19FN2O5/c1-4-24-15(22)17(20-11(3)21,16(23)25-5-2)9-12-6-7-13(10-19)14(18)8-12/h6-8H,4-5,9H2,1-3H3,(H,20,21). The summed E-state index contributed by atoms with van der Waals surface area (Å²) in [5, 5.41) is 11.1. The summed E-state index contributed by atoms with van der Waals surface area (Å²) in [7, 11) is 0. The van der Waals surface area contributed by atoms with Crippen molar-refractivity contribution in [3.63, 3.8) is 0 Å². The monoisotopic (exact) mass is 350 g/mol. The van der Waals surface area contributed by atoms with Gasteiger partial charge in [0, 0.05) is 13.3 Å². The summed E-state index contributed by atoms with van der Waals surface area (Å²) in [5.41, 5.74) is -2.11. The van der Waals surface area contributed by atoms with E-state index in [1.54, 1.807) is 19.9 Å². The van der Waals surface area contributed by atoms with Gasteiger partial charge in [-0.3, -0.25) is 4.79 Å². The van der Waals surface area contributed by atoms with Gasteiger partial charge in [0.2, 0.25) is 11.4 Å². The van der Waals surface area contributed by atoms with Gasteiger partial charge in [-0.05, 0) is 31.5 Å². The number of rotatable bonds is 7. The zero-order chi connectivity index (χ0) is 19.0. The Kier molecular flexibility index (Phi) is 7.06. The van der Waals surface area contributed by atoms with Gasteiger partial charge < -0.3 is 14.8 Å². The molecule has 0 fully saturated rings. The lowest BCUT2D eigenvalue weighted by atomic mass is 9.89. The molecule has 0 spiro atoms. The van der Waals surface area contributed by atoms with Crippen LogP contribution in [0.3, 0.4) is 0 Å². The van der Waals surface area contributed by atoms with Gasteiger partial charge in [0.25, 0.3) is 0 Å². The number of nitrogens with zero attached hydrogens (tertiary/aromatic N) is 1. The Hall–Kier alpha value is -2.95. The summed E-state index contributed by atoms with van der Waals surface area (Å²) in [6.45, 7) is 4.17. The fourth-order valence-corrected chi connectivity index (χ4v) is 2.25. The third kappa shape index (κ3) is 4.76. The molecule has 0 aliphatic rings. The van der Waals surface area contributed by atoms with Crippen LogP contribution in [-0.4, -0.2) is 36.6 Å². The topological polar surface area (TPSA) is 105 Å². The molecule has 1 N–H and O–H groups in total. The SMILES string of the molecule is CCOC(=O)C(Cc1ccc(C#N)c(F)c1)(NC(C)=O)C(=O)OCC. The molecule has 1 aromatic carbocycles. The highest BCUT2D eigenvalue weighted by Gasteiger charge is 2.50. The molecule has 8 heteroatoms. The second kappa shape index (κ2) is 8.78. The lowest BCUT2D eigenvalue weighted by molar-refractivity contribution is -0.168. The second-order valence-electron chi connectivity index (χ2n) is 5.13. The molecule has 0 saturated heterocycles. The van der Waals surface area contributed by atoms with Crippen LogP contribution >= 0.6 is 0 Å². The number of amides is 1. The zero-order valence-corrected chi connectivity index (χ0v) is 14.2. The Labute approximate surface area is 144 Å². The number of halogens is 1. The molecule has 0 unspecified atom stereocenters. The maximum atomic E-state index is 13.8. The van der Waals surface area contributed by atoms with Crippen molar-refractivity contribution < 1.29 is 28.2 Å². The molecule has 7 nitrogen and oxygen atoms in total. The maximum absolute atomic E-state index is 13.8. The molecule has 0 aliphatic carbocycles. The molecule has 0 radical (unpaired) electrons. The molecule has 1 rings (SSSR count). The van der Waals surface area contributed by atoms with Gasteiger partial charge in [0.05, 0.1) is 18.8 Å². The molecule has 0 atom stereocenters. The van der Waals surface area contributed by atoms with Gasteiger partial charge in [0.15, 0.2) is 0 Å². The van der Waals surface area contributed by atoms with Gasteiger partial charge in [0.1, 0.15) is 11.9 Å². The van der Waals surface area contributed by atoms with E-state index in [0.29, 0.717) is 0 Å². The summed E-state index contributed by atoms with van der Waals surface area (Å²) in [6.07, 6.45) is -0.382. The second-order valence-corrected chi connectivity index (χ2v) is 5.13. The fraction of sp³-hybridized carbons (Fsp3) is 0.412. The molecule has 1 amide bonds. The molecule has 0 saturated carbocycles. The van der Waals surface area contributed by atoms with Crippen LogP contribution in [0.25, 0.3) is 0 Å². The number of ether oxygens (including phenoxy) is 2. The van der Waals surface area contributed by atoms with E-state index in [1.165, 1.54) is 12.1 Å². The molecule has 134 valence electrons. The number of hydrogen-bond acceptors (Lipinski definition) is 6. The third-order valence-electron chi connectivity index (χ3n) is 3.26. The molecule has 25 heavy (non-hydrogen) atoms. The van der Waals surface area contributed by atoms with Crippen molar-refractivity contribution in [1.82, 2.24) is 5.32 Å². The zero-order valence-electron chi connectivity index (χ0n) is 14.2. The number of nitrogens with one attached hydrogen (secondary N) is 1. The van der Waals surface area contributed by atoms with Crippen LogP contribution < -0.4 is 5.32 Å². The molecule has 0 heterocycles. The van der Waals surface area contributed by atoms with Gasteiger partial charge in [-0.15, -0.1) is 0 Å². The highest BCUT2D eigenvalue weighted by molar-refractivity contribution is 6.08. The van der Waals surface area contributed by atoms with E-state index in [4.69, 9.17) is 14.7 Å². The quantitative estimate of drug-likeness (QED) is 0.586. The van der Waals surface area contributed by atoms with E-state index in [2.05, 4.69) is 5.32 Å². The van der Waals surface area contributed by atoms with Crippen LogP contribution in [0.1, 0.15) is 31.9 Å². The molecular formula is C17H19FN2O5. The highest BCUT2D eigenvalue weighted by atomic mass is 19.1. The van der Waals surface area contributed by atoms with Gasteiger partial charge in [-0.2, -0.15) is 5.26 Å². The van der Waals surface area contributed by atoms with E-state index in [1.807, 2.05) is 0 Å². The fourth-order valence-electron chi connectivity index (χ4n) is 2.25. The van der Waals surface area contributed by atoms with E-state index in [0.717, 1.165) is 13.0 Å². The van der Waals surface area contributed by atoms with Crippen molar-refractivity contribution in [2.75, 3.05) is 13.2 Å². The van der Waals surface area contributed by atoms with Crippen molar-refractivity contribution >= 4 is 17.8 Å². The molecule has 0 aliphatic heterocycles. The Morgan fingerprint density at radius 1 is 1.20 bits per heavy atom. The minimum atomic E-state index is -2.14. The smallest absolute Gasteiger partial charge is 0.344 e. The minimum Gasteiger partial charge on any atom is -0.464 e. The molecule has 0 bridgehead atoms. The maximum Gasteiger partial charge on any atom is 0.344 e. The van der Waals surface area contributed by atoms with Crippen molar-refractivity contribution in [3.05, 3.63) is 35.1 Å². The lowest BCUT2D eigenvalue weighted by Gasteiger charge is -2.29. The Balaban J connectivity index is 3.39. The molecule has 0 aromatic heterocycles. The Morgan fingerprint density at radius 2 is 1.76 bits per heavy atom. The number of benzene rings is 1. The number of carbonyl (C=O) groups excluding carboxylic acids is 3. The summed E-state index contributed by atoms with van der Waals surface area (Å²) in [4.78, 5) is 36.5. The first-order valence-corrected chi connectivity index (χ1v) is 7.62.